The summed E-state index contributed by atoms with van der Waals surface area (Å²) < 4.78 is 24.6. The van der Waals surface area contributed by atoms with Crippen LogP contribution in [0, 0.1) is 13.8 Å². The number of hydrogen-bond acceptors (Lipinski definition) is 3. The second-order valence-corrected chi connectivity index (χ2v) is 7.44. The first-order chi connectivity index (χ1) is 9.40. The van der Waals surface area contributed by atoms with Gasteiger partial charge in [0.15, 0.2) is 9.84 Å². The van der Waals surface area contributed by atoms with Crippen LogP contribution in [0.4, 0.5) is 0 Å². The molecule has 2 rings (SSSR count). The number of aryl methyl sites for hydroxylation is 2. The maximum atomic E-state index is 12.3. The SMILES string of the molecule is Cc1ccc(S(=O)(=O)CC(=O)N2CCCCC2)cc1C. The van der Waals surface area contributed by atoms with Gasteiger partial charge in [-0.05, 0) is 56.4 Å². The molecule has 1 saturated heterocycles. The Kier molecular flexibility index (Phi) is 4.48. The van der Waals surface area contributed by atoms with E-state index in [4.69, 9.17) is 0 Å². The fraction of sp³-hybridized carbons (Fsp3) is 0.533. The van der Waals surface area contributed by atoms with Gasteiger partial charge in [0.05, 0.1) is 4.90 Å². The average Bonchev–Trinajstić information content (AvgIpc) is 2.42. The first-order valence-corrected chi connectivity index (χ1v) is 8.63. The molecule has 0 aromatic heterocycles. The molecule has 1 heterocycles. The molecule has 0 unspecified atom stereocenters. The Labute approximate surface area is 120 Å². The molecule has 0 N–H and O–H groups in total. The minimum absolute atomic E-state index is 0.242. The molecule has 0 saturated carbocycles. The fourth-order valence-corrected chi connectivity index (χ4v) is 3.69. The molecule has 1 amide bonds. The van der Waals surface area contributed by atoms with Crippen LogP contribution in [0.15, 0.2) is 23.1 Å². The Bertz CT molecular complexity index is 602. The highest BCUT2D eigenvalue weighted by Crippen LogP contribution is 2.17. The number of rotatable bonds is 3. The van der Waals surface area contributed by atoms with Gasteiger partial charge in [0.1, 0.15) is 5.75 Å². The summed E-state index contributed by atoms with van der Waals surface area (Å²) in [4.78, 5) is 14.0. The van der Waals surface area contributed by atoms with Crippen molar-refractivity contribution < 1.29 is 13.2 Å². The molecule has 1 aliphatic rings. The number of nitrogens with zero attached hydrogens (tertiary/aromatic N) is 1. The standard InChI is InChI=1S/C15H21NO3S/c1-12-6-7-14(10-13(12)2)20(18,19)11-15(17)16-8-4-3-5-9-16/h6-7,10H,3-5,8-9,11H2,1-2H3. The summed E-state index contributed by atoms with van der Waals surface area (Å²) in [6.45, 7) is 5.17. The van der Waals surface area contributed by atoms with Crippen molar-refractivity contribution in [3.63, 3.8) is 0 Å². The molecule has 110 valence electrons. The molecule has 1 fully saturated rings. The largest absolute Gasteiger partial charge is 0.342 e. The molecule has 1 aromatic rings. The minimum Gasteiger partial charge on any atom is -0.342 e. The van der Waals surface area contributed by atoms with Crippen LogP contribution < -0.4 is 0 Å². The highest BCUT2D eigenvalue weighted by Gasteiger charge is 2.24. The summed E-state index contributed by atoms with van der Waals surface area (Å²) in [6, 6.07) is 5.02. The smallest absolute Gasteiger partial charge is 0.238 e. The molecule has 0 atom stereocenters. The predicted molar refractivity (Wildman–Crippen MR) is 78.4 cm³/mol. The van der Waals surface area contributed by atoms with Crippen LogP contribution in [-0.4, -0.2) is 38.1 Å². The second-order valence-electron chi connectivity index (χ2n) is 5.45. The van der Waals surface area contributed by atoms with Crippen molar-refractivity contribution >= 4 is 15.7 Å². The summed E-state index contributed by atoms with van der Waals surface area (Å²) in [5, 5.41) is 0. The van der Waals surface area contributed by atoms with Crippen LogP contribution in [0.3, 0.4) is 0 Å². The molecule has 1 aromatic carbocycles. The normalized spacial score (nSPS) is 16.2. The van der Waals surface area contributed by atoms with Crippen LogP contribution in [0.25, 0.3) is 0 Å². The quantitative estimate of drug-likeness (QED) is 0.858. The van der Waals surface area contributed by atoms with E-state index in [0.717, 1.165) is 30.4 Å². The lowest BCUT2D eigenvalue weighted by Crippen LogP contribution is -2.39. The van der Waals surface area contributed by atoms with Gasteiger partial charge >= 0.3 is 0 Å². The Morgan fingerprint density at radius 2 is 1.75 bits per heavy atom. The topological polar surface area (TPSA) is 54.5 Å². The molecule has 4 nitrogen and oxygen atoms in total. The number of likely N-dealkylation sites (tertiary alicyclic amines) is 1. The van der Waals surface area contributed by atoms with E-state index < -0.39 is 15.6 Å². The summed E-state index contributed by atoms with van der Waals surface area (Å²) in [5.41, 5.74) is 1.97. The van der Waals surface area contributed by atoms with Crippen molar-refractivity contribution in [2.75, 3.05) is 18.8 Å². The highest BCUT2D eigenvalue weighted by molar-refractivity contribution is 7.92. The third kappa shape index (κ3) is 3.39. The zero-order valence-corrected chi connectivity index (χ0v) is 12.9. The van der Waals surface area contributed by atoms with Gasteiger partial charge in [-0.2, -0.15) is 0 Å². The first kappa shape index (κ1) is 15.0. The average molecular weight is 295 g/mol. The van der Waals surface area contributed by atoms with Crippen molar-refractivity contribution in [3.05, 3.63) is 29.3 Å². The van der Waals surface area contributed by atoms with Gasteiger partial charge < -0.3 is 4.90 Å². The molecule has 0 bridgehead atoms. The maximum Gasteiger partial charge on any atom is 0.238 e. The molecule has 0 spiro atoms. The van der Waals surface area contributed by atoms with Crippen molar-refractivity contribution in [2.45, 2.75) is 38.0 Å². The van der Waals surface area contributed by atoms with Crippen LogP contribution in [-0.2, 0) is 14.6 Å². The monoisotopic (exact) mass is 295 g/mol. The van der Waals surface area contributed by atoms with E-state index in [1.165, 1.54) is 0 Å². The maximum absolute atomic E-state index is 12.3. The van der Waals surface area contributed by atoms with Gasteiger partial charge in [-0.15, -0.1) is 0 Å². The van der Waals surface area contributed by atoms with E-state index in [9.17, 15) is 13.2 Å². The molecule has 1 aliphatic heterocycles. The lowest BCUT2D eigenvalue weighted by Gasteiger charge is -2.26. The molecule has 5 heteroatoms. The zero-order chi connectivity index (χ0) is 14.8. The van der Waals surface area contributed by atoms with Gasteiger partial charge in [-0.1, -0.05) is 6.07 Å². The van der Waals surface area contributed by atoms with Crippen molar-refractivity contribution in [1.82, 2.24) is 4.90 Å². The van der Waals surface area contributed by atoms with E-state index in [1.807, 2.05) is 13.8 Å². The van der Waals surface area contributed by atoms with E-state index in [-0.39, 0.29) is 10.8 Å². The fourth-order valence-electron chi connectivity index (χ4n) is 2.39. The predicted octanol–water partition coefficient (Wildman–Crippen LogP) is 2.09. The van der Waals surface area contributed by atoms with Gasteiger partial charge in [-0.3, -0.25) is 4.79 Å². The van der Waals surface area contributed by atoms with Gasteiger partial charge in [0.2, 0.25) is 5.91 Å². The van der Waals surface area contributed by atoms with Crippen LogP contribution in [0.5, 0.6) is 0 Å². The van der Waals surface area contributed by atoms with Crippen molar-refractivity contribution in [1.29, 1.82) is 0 Å². The third-order valence-electron chi connectivity index (χ3n) is 3.86. The van der Waals surface area contributed by atoms with Crippen molar-refractivity contribution in [2.24, 2.45) is 0 Å². The number of sulfone groups is 1. The summed E-state index contributed by atoms with van der Waals surface area (Å²) in [7, 11) is -3.54. The number of benzene rings is 1. The molecule has 0 aliphatic carbocycles. The third-order valence-corrected chi connectivity index (χ3v) is 5.46. The summed E-state index contributed by atoms with van der Waals surface area (Å²) in [6.07, 6.45) is 3.05. The molecule has 20 heavy (non-hydrogen) atoms. The molecule has 0 radical (unpaired) electrons. The highest BCUT2D eigenvalue weighted by atomic mass is 32.2. The Morgan fingerprint density at radius 3 is 2.35 bits per heavy atom. The van der Waals surface area contributed by atoms with E-state index in [2.05, 4.69) is 0 Å². The molecular formula is C15H21NO3S. The number of hydrogen-bond donors (Lipinski definition) is 0. The first-order valence-electron chi connectivity index (χ1n) is 6.98. The zero-order valence-electron chi connectivity index (χ0n) is 12.1. The van der Waals surface area contributed by atoms with Crippen LogP contribution in [0.1, 0.15) is 30.4 Å². The lowest BCUT2D eigenvalue weighted by molar-refractivity contribution is -0.129. The Hall–Kier alpha value is -1.36. The second kappa shape index (κ2) is 5.95. The number of carbonyl (C=O) groups excluding carboxylic acids is 1. The summed E-state index contributed by atoms with van der Waals surface area (Å²) >= 11 is 0. The van der Waals surface area contributed by atoms with Crippen molar-refractivity contribution in [3.8, 4) is 0 Å². The summed E-state index contributed by atoms with van der Waals surface area (Å²) in [5.74, 6) is -0.696. The Morgan fingerprint density at radius 1 is 1.10 bits per heavy atom. The van der Waals surface area contributed by atoms with E-state index >= 15 is 0 Å². The van der Waals surface area contributed by atoms with Crippen LogP contribution >= 0.6 is 0 Å². The van der Waals surface area contributed by atoms with Gasteiger partial charge in [0, 0.05) is 13.1 Å². The lowest BCUT2D eigenvalue weighted by atomic mass is 10.1. The number of piperidine rings is 1. The number of carbonyl (C=O) groups is 1. The number of amides is 1. The Balaban J connectivity index is 2.13. The van der Waals surface area contributed by atoms with Gasteiger partial charge in [0.25, 0.3) is 0 Å². The van der Waals surface area contributed by atoms with E-state index in [0.29, 0.717) is 13.1 Å². The van der Waals surface area contributed by atoms with Crippen LogP contribution in [0.2, 0.25) is 0 Å². The van der Waals surface area contributed by atoms with E-state index in [1.54, 1.807) is 23.1 Å². The molecular weight excluding hydrogens is 274 g/mol. The minimum atomic E-state index is -3.54. The van der Waals surface area contributed by atoms with Gasteiger partial charge in [-0.25, -0.2) is 8.42 Å².